The zero-order valence-electron chi connectivity index (χ0n) is 12.3. The summed E-state index contributed by atoms with van der Waals surface area (Å²) in [6, 6.07) is 0.308. The Labute approximate surface area is 116 Å². The Balaban J connectivity index is 2.29. The van der Waals surface area contributed by atoms with E-state index in [4.69, 9.17) is 5.73 Å². The zero-order chi connectivity index (χ0) is 14.0. The van der Waals surface area contributed by atoms with Crippen LogP contribution in [-0.4, -0.2) is 21.2 Å². The quantitative estimate of drug-likeness (QED) is 0.879. The predicted octanol–water partition coefficient (Wildman–Crippen LogP) is 2.65. The van der Waals surface area contributed by atoms with Gasteiger partial charge in [-0.15, -0.1) is 0 Å². The van der Waals surface area contributed by atoms with Gasteiger partial charge in [0, 0.05) is 18.0 Å². The molecule has 3 atom stereocenters. The molecule has 1 saturated carbocycles. The minimum absolute atomic E-state index is 0.176. The first kappa shape index (κ1) is 14.5. The van der Waals surface area contributed by atoms with Crippen LogP contribution in [0.1, 0.15) is 64.3 Å². The van der Waals surface area contributed by atoms with Crippen molar-refractivity contribution in [2.24, 2.45) is 17.1 Å². The molecule has 1 heterocycles. The molecule has 1 aromatic heterocycles. The van der Waals surface area contributed by atoms with Crippen molar-refractivity contribution in [2.75, 3.05) is 6.54 Å². The van der Waals surface area contributed by atoms with Crippen LogP contribution >= 0.6 is 0 Å². The van der Waals surface area contributed by atoms with Gasteiger partial charge in [0.15, 0.2) is 0 Å². The van der Waals surface area contributed by atoms with E-state index in [2.05, 4.69) is 30.3 Å². The Morgan fingerprint density at radius 2 is 2.32 bits per heavy atom. The Morgan fingerprint density at radius 3 is 2.89 bits per heavy atom. The summed E-state index contributed by atoms with van der Waals surface area (Å²) in [4.78, 5) is 4.21. The van der Waals surface area contributed by atoms with Crippen LogP contribution in [0.15, 0.2) is 12.5 Å². The van der Waals surface area contributed by atoms with Crippen molar-refractivity contribution in [3.63, 3.8) is 0 Å². The van der Waals surface area contributed by atoms with Gasteiger partial charge in [-0.2, -0.15) is 0 Å². The van der Waals surface area contributed by atoms with E-state index in [0.29, 0.717) is 18.5 Å². The molecule has 3 unspecified atom stereocenters. The molecule has 19 heavy (non-hydrogen) atoms. The minimum Gasteiger partial charge on any atom is -0.386 e. The van der Waals surface area contributed by atoms with Gasteiger partial charge >= 0.3 is 0 Å². The second kappa shape index (κ2) is 5.63. The fraction of sp³-hybridized carbons (Fsp3) is 0.800. The number of nitrogens with two attached hydrogens (primary N) is 1. The van der Waals surface area contributed by atoms with Crippen LogP contribution in [0, 0.1) is 11.3 Å². The van der Waals surface area contributed by atoms with E-state index in [-0.39, 0.29) is 5.41 Å². The summed E-state index contributed by atoms with van der Waals surface area (Å²) < 4.78 is 2.06. The van der Waals surface area contributed by atoms with E-state index in [0.717, 1.165) is 25.0 Å². The fourth-order valence-electron chi connectivity index (χ4n) is 3.52. The zero-order valence-corrected chi connectivity index (χ0v) is 12.3. The van der Waals surface area contributed by atoms with Crippen molar-refractivity contribution in [1.29, 1.82) is 0 Å². The van der Waals surface area contributed by atoms with Crippen molar-refractivity contribution in [1.82, 2.24) is 9.55 Å². The highest BCUT2D eigenvalue weighted by Gasteiger charge is 2.42. The van der Waals surface area contributed by atoms with Gasteiger partial charge in [-0.05, 0) is 32.6 Å². The van der Waals surface area contributed by atoms with Crippen LogP contribution in [0.3, 0.4) is 0 Å². The first-order valence-corrected chi connectivity index (χ1v) is 7.40. The molecule has 1 aromatic rings. The highest BCUT2D eigenvalue weighted by molar-refractivity contribution is 5.10. The van der Waals surface area contributed by atoms with Crippen molar-refractivity contribution in [2.45, 2.75) is 58.6 Å². The monoisotopic (exact) mass is 265 g/mol. The highest BCUT2D eigenvalue weighted by Crippen LogP contribution is 2.47. The first-order valence-electron chi connectivity index (χ1n) is 7.40. The lowest BCUT2D eigenvalue weighted by Gasteiger charge is -2.43. The topological polar surface area (TPSA) is 64.1 Å². The molecule has 4 heteroatoms. The average molecular weight is 265 g/mol. The van der Waals surface area contributed by atoms with Crippen LogP contribution < -0.4 is 5.73 Å². The largest absolute Gasteiger partial charge is 0.386 e. The van der Waals surface area contributed by atoms with E-state index in [1.807, 2.05) is 0 Å². The van der Waals surface area contributed by atoms with Crippen LogP contribution in [0.5, 0.6) is 0 Å². The normalized spacial score (nSPS) is 29.7. The number of aliphatic hydroxyl groups excluding tert-OH is 1. The molecule has 108 valence electrons. The third kappa shape index (κ3) is 2.70. The van der Waals surface area contributed by atoms with Crippen LogP contribution in [0.2, 0.25) is 0 Å². The summed E-state index contributed by atoms with van der Waals surface area (Å²) in [5.74, 6) is 0.641. The van der Waals surface area contributed by atoms with Crippen molar-refractivity contribution in [3.8, 4) is 0 Å². The minimum atomic E-state index is -0.509. The Hall–Kier alpha value is -0.870. The molecule has 0 amide bonds. The van der Waals surface area contributed by atoms with Gasteiger partial charge in [-0.3, -0.25) is 0 Å². The molecule has 4 nitrogen and oxygen atoms in total. The predicted molar refractivity (Wildman–Crippen MR) is 76.7 cm³/mol. The maximum atomic E-state index is 10.9. The summed E-state index contributed by atoms with van der Waals surface area (Å²) in [6.45, 7) is 7.02. The van der Waals surface area contributed by atoms with Crippen molar-refractivity contribution in [3.05, 3.63) is 18.2 Å². The highest BCUT2D eigenvalue weighted by atomic mass is 16.3. The lowest BCUT2D eigenvalue weighted by atomic mass is 9.66. The molecule has 1 aliphatic carbocycles. The molecule has 0 saturated heterocycles. The lowest BCUT2D eigenvalue weighted by molar-refractivity contribution is -0.0181. The molecule has 1 aliphatic rings. The van der Waals surface area contributed by atoms with E-state index in [1.54, 1.807) is 12.5 Å². The molecule has 1 fully saturated rings. The van der Waals surface area contributed by atoms with Gasteiger partial charge < -0.3 is 15.4 Å². The molecule has 0 aromatic carbocycles. The number of hydrogen-bond donors (Lipinski definition) is 2. The number of hydrogen-bond acceptors (Lipinski definition) is 3. The van der Waals surface area contributed by atoms with E-state index < -0.39 is 6.10 Å². The van der Waals surface area contributed by atoms with Gasteiger partial charge in [-0.25, -0.2) is 4.98 Å². The second-order valence-electron chi connectivity index (χ2n) is 6.49. The Bertz CT molecular complexity index is 415. The number of rotatable bonds is 4. The summed E-state index contributed by atoms with van der Waals surface area (Å²) >= 11 is 0. The maximum absolute atomic E-state index is 10.9. The third-order valence-corrected chi connectivity index (χ3v) is 4.65. The average Bonchev–Trinajstić information content (AvgIpc) is 2.86. The molecular weight excluding hydrogens is 238 g/mol. The summed E-state index contributed by atoms with van der Waals surface area (Å²) in [7, 11) is 0. The van der Waals surface area contributed by atoms with Crippen LogP contribution in [-0.2, 0) is 0 Å². The second-order valence-corrected chi connectivity index (χ2v) is 6.49. The van der Waals surface area contributed by atoms with Gasteiger partial charge in [0.05, 0.1) is 18.2 Å². The molecule has 2 rings (SSSR count). The number of imidazole rings is 1. The van der Waals surface area contributed by atoms with E-state index in [9.17, 15) is 5.11 Å². The summed E-state index contributed by atoms with van der Waals surface area (Å²) in [5, 5.41) is 10.9. The fourth-order valence-corrected chi connectivity index (χ4v) is 3.52. The third-order valence-electron chi connectivity index (χ3n) is 4.65. The maximum Gasteiger partial charge on any atom is 0.102 e. The van der Waals surface area contributed by atoms with Crippen molar-refractivity contribution >= 4 is 0 Å². The molecule has 0 bridgehead atoms. The first-order chi connectivity index (χ1) is 9.00. The van der Waals surface area contributed by atoms with Gasteiger partial charge in [-0.1, -0.05) is 19.8 Å². The Morgan fingerprint density at radius 1 is 1.58 bits per heavy atom. The van der Waals surface area contributed by atoms with Crippen LogP contribution in [0.4, 0.5) is 0 Å². The molecule has 3 N–H and O–H groups in total. The SMILES string of the molecule is CC1CCCC(CN)(C(O)c2cncn2C(C)C)C1. The van der Waals surface area contributed by atoms with Gasteiger partial charge in [0.25, 0.3) is 0 Å². The summed E-state index contributed by atoms with van der Waals surface area (Å²) in [5.41, 5.74) is 6.78. The number of aliphatic hydroxyl groups is 1. The van der Waals surface area contributed by atoms with Gasteiger partial charge in [0.2, 0.25) is 0 Å². The smallest absolute Gasteiger partial charge is 0.102 e. The molecule has 0 spiro atoms. The van der Waals surface area contributed by atoms with Crippen molar-refractivity contribution < 1.29 is 5.11 Å². The number of nitrogens with zero attached hydrogens (tertiary/aromatic N) is 2. The lowest BCUT2D eigenvalue weighted by Crippen LogP contribution is -2.41. The molecule has 0 radical (unpaired) electrons. The van der Waals surface area contributed by atoms with E-state index >= 15 is 0 Å². The standard InChI is InChI=1S/C15H27N3O/c1-11(2)18-10-17-8-13(18)14(19)15(9-16)6-4-5-12(3)7-15/h8,10-12,14,19H,4-7,9,16H2,1-3H3. The number of aromatic nitrogens is 2. The molecule has 0 aliphatic heterocycles. The van der Waals surface area contributed by atoms with Crippen LogP contribution in [0.25, 0.3) is 0 Å². The van der Waals surface area contributed by atoms with Gasteiger partial charge in [0.1, 0.15) is 6.10 Å². The molecular formula is C15H27N3O. The Kier molecular flexibility index (Phi) is 4.31. The summed E-state index contributed by atoms with van der Waals surface area (Å²) in [6.07, 6.45) is 7.52. The van der Waals surface area contributed by atoms with E-state index in [1.165, 1.54) is 6.42 Å².